The summed E-state index contributed by atoms with van der Waals surface area (Å²) in [7, 11) is 1.81. The monoisotopic (exact) mass is 153 g/mol. The van der Waals surface area contributed by atoms with Crippen molar-refractivity contribution < 1.29 is 4.79 Å². The Labute approximate surface area is 65.1 Å². The van der Waals surface area contributed by atoms with Gasteiger partial charge in [0.25, 0.3) is 0 Å². The summed E-state index contributed by atoms with van der Waals surface area (Å²) in [5.41, 5.74) is 11.2. The molecule has 0 bridgehead atoms. The lowest BCUT2D eigenvalue weighted by Crippen LogP contribution is -2.32. The van der Waals surface area contributed by atoms with E-state index < -0.39 is 0 Å². The van der Waals surface area contributed by atoms with Crippen LogP contribution < -0.4 is 11.5 Å². The van der Waals surface area contributed by atoms with E-state index in [2.05, 4.69) is 0 Å². The van der Waals surface area contributed by atoms with Crippen molar-refractivity contribution in [3.63, 3.8) is 0 Å². The average molecular weight is 153 g/mol. The van der Waals surface area contributed by atoms with Gasteiger partial charge in [0.1, 0.15) is 0 Å². The molecule has 1 amide bonds. The van der Waals surface area contributed by atoms with Crippen molar-refractivity contribution >= 4 is 5.91 Å². The highest BCUT2D eigenvalue weighted by atomic mass is 16.1. The lowest BCUT2D eigenvalue weighted by Gasteiger charge is -2.22. The summed E-state index contributed by atoms with van der Waals surface area (Å²) in [5, 5.41) is 0. The van der Waals surface area contributed by atoms with Crippen molar-refractivity contribution in [1.82, 2.24) is 4.90 Å². The number of nitrogens with zero attached hydrogens (tertiary/aromatic N) is 1. The molecule has 4 N–H and O–H groups in total. The van der Waals surface area contributed by atoms with Crippen LogP contribution in [-0.4, -0.2) is 24.4 Å². The number of carbonyl (C=O) groups excluding carboxylic acids is 1. The van der Waals surface area contributed by atoms with Crippen LogP contribution in [0.1, 0.15) is 0 Å². The first-order valence-electron chi connectivity index (χ1n) is 3.28. The first-order chi connectivity index (χ1) is 5.11. The molecule has 11 heavy (non-hydrogen) atoms. The van der Waals surface area contributed by atoms with Gasteiger partial charge in [-0.15, -0.1) is 0 Å². The van der Waals surface area contributed by atoms with Crippen LogP contribution in [0.3, 0.4) is 0 Å². The number of rotatable bonds is 1. The molecule has 0 atom stereocenters. The van der Waals surface area contributed by atoms with E-state index in [-0.39, 0.29) is 5.91 Å². The third kappa shape index (κ3) is 1.52. The van der Waals surface area contributed by atoms with Gasteiger partial charge in [0.15, 0.2) is 0 Å². The van der Waals surface area contributed by atoms with Gasteiger partial charge < -0.3 is 16.4 Å². The third-order valence-electron chi connectivity index (χ3n) is 1.62. The van der Waals surface area contributed by atoms with Crippen molar-refractivity contribution in [3.05, 3.63) is 23.5 Å². The summed E-state index contributed by atoms with van der Waals surface area (Å²) in [4.78, 5) is 12.4. The van der Waals surface area contributed by atoms with Crippen molar-refractivity contribution in [1.29, 1.82) is 0 Å². The Morgan fingerprint density at radius 3 is 2.73 bits per heavy atom. The predicted octanol–water partition coefficient (Wildman–Crippen LogP) is -0.856. The van der Waals surface area contributed by atoms with Crippen LogP contribution in [0.4, 0.5) is 0 Å². The molecule has 4 nitrogen and oxygen atoms in total. The molecule has 0 aromatic rings. The Morgan fingerprint density at radius 2 is 2.27 bits per heavy atom. The lowest BCUT2D eigenvalue weighted by molar-refractivity contribution is -0.114. The molecule has 0 saturated heterocycles. The molecule has 0 fully saturated rings. The molecule has 0 aromatic heterocycles. The zero-order valence-electron chi connectivity index (χ0n) is 6.37. The van der Waals surface area contributed by atoms with E-state index >= 15 is 0 Å². The molecule has 0 radical (unpaired) electrons. The zero-order chi connectivity index (χ0) is 8.43. The predicted molar refractivity (Wildman–Crippen MR) is 42.2 cm³/mol. The molecule has 1 aliphatic rings. The van der Waals surface area contributed by atoms with Gasteiger partial charge in [0.05, 0.1) is 5.82 Å². The summed E-state index contributed by atoms with van der Waals surface area (Å²) >= 11 is 0. The van der Waals surface area contributed by atoms with Gasteiger partial charge >= 0.3 is 0 Å². The van der Waals surface area contributed by atoms with Crippen molar-refractivity contribution in [2.24, 2.45) is 11.5 Å². The minimum absolute atomic E-state index is 0.388. The highest BCUT2D eigenvalue weighted by molar-refractivity contribution is 5.92. The summed E-state index contributed by atoms with van der Waals surface area (Å²) in [6.45, 7) is 0.498. The summed E-state index contributed by atoms with van der Waals surface area (Å²) in [6.07, 6.45) is 3.32. The maximum absolute atomic E-state index is 10.7. The molecule has 60 valence electrons. The van der Waals surface area contributed by atoms with Gasteiger partial charge in [0.2, 0.25) is 5.91 Å². The van der Waals surface area contributed by atoms with Gasteiger partial charge in [-0.25, -0.2) is 0 Å². The number of likely N-dealkylation sites (N-methyl/N-ethyl adjacent to an activating group) is 1. The number of allylic oxidation sites excluding steroid dienone is 2. The Morgan fingerprint density at radius 1 is 1.64 bits per heavy atom. The normalized spacial score (nSPS) is 17.4. The van der Waals surface area contributed by atoms with Gasteiger partial charge in [-0.3, -0.25) is 4.79 Å². The maximum Gasteiger partial charge on any atom is 0.246 e. The Balaban J connectivity index is 2.82. The quantitative estimate of drug-likeness (QED) is 0.515. The maximum atomic E-state index is 10.7. The average Bonchev–Trinajstić information content (AvgIpc) is 1.94. The standard InChI is InChI=1S/C7H11N3O/c1-10-4-5(7(9)11)2-3-6(10)8/h2-3H,4,8H2,1H3,(H2,9,11). The van der Waals surface area contributed by atoms with Crippen LogP contribution in [0.5, 0.6) is 0 Å². The Hall–Kier alpha value is -1.45. The molecular weight excluding hydrogens is 142 g/mol. The van der Waals surface area contributed by atoms with Crippen molar-refractivity contribution in [2.75, 3.05) is 13.6 Å². The van der Waals surface area contributed by atoms with Crippen LogP contribution in [0.2, 0.25) is 0 Å². The van der Waals surface area contributed by atoms with Gasteiger partial charge in [0, 0.05) is 19.2 Å². The number of hydrogen-bond acceptors (Lipinski definition) is 3. The highest BCUT2D eigenvalue weighted by Crippen LogP contribution is 2.07. The highest BCUT2D eigenvalue weighted by Gasteiger charge is 2.11. The largest absolute Gasteiger partial charge is 0.385 e. The number of hydrogen-bond donors (Lipinski definition) is 2. The molecule has 0 spiro atoms. The SMILES string of the molecule is CN1CC(C(N)=O)=CC=C1N. The molecule has 0 aromatic carbocycles. The number of nitrogens with two attached hydrogens (primary N) is 2. The fourth-order valence-electron chi connectivity index (χ4n) is 0.873. The molecule has 0 unspecified atom stereocenters. The molecule has 1 rings (SSSR count). The Kier molecular flexibility index (Phi) is 1.85. The molecule has 1 heterocycles. The van der Waals surface area contributed by atoms with Gasteiger partial charge in [-0.05, 0) is 12.2 Å². The van der Waals surface area contributed by atoms with Crippen LogP contribution in [0.25, 0.3) is 0 Å². The number of amides is 1. The molecule has 4 heteroatoms. The van der Waals surface area contributed by atoms with Crippen LogP contribution in [-0.2, 0) is 4.79 Å². The minimum atomic E-state index is -0.388. The van der Waals surface area contributed by atoms with Crippen LogP contribution >= 0.6 is 0 Å². The fraction of sp³-hybridized carbons (Fsp3) is 0.286. The first-order valence-corrected chi connectivity index (χ1v) is 3.28. The van der Waals surface area contributed by atoms with Gasteiger partial charge in [-0.2, -0.15) is 0 Å². The van der Waals surface area contributed by atoms with E-state index in [1.165, 1.54) is 0 Å². The summed E-state index contributed by atoms with van der Waals surface area (Å²) in [6, 6.07) is 0. The second kappa shape index (κ2) is 2.65. The van der Waals surface area contributed by atoms with E-state index in [1.54, 1.807) is 17.1 Å². The van der Waals surface area contributed by atoms with E-state index in [0.717, 1.165) is 0 Å². The smallest absolute Gasteiger partial charge is 0.246 e. The summed E-state index contributed by atoms with van der Waals surface area (Å²) in [5.74, 6) is 0.260. The number of carbonyl (C=O) groups is 1. The fourth-order valence-corrected chi connectivity index (χ4v) is 0.873. The van der Waals surface area contributed by atoms with E-state index in [9.17, 15) is 4.79 Å². The Bertz CT molecular complexity index is 242. The van der Waals surface area contributed by atoms with Crippen LogP contribution in [0, 0.1) is 0 Å². The van der Waals surface area contributed by atoms with Crippen LogP contribution in [0.15, 0.2) is 23.5 Å². The molecule has 1 aliphatic heterocycles. The topological polar surface area (TPSA) is 72.3 Å². The molecule has 0 saturated carbocycles. The second-order valence-corrected chi connectivity index (χ2v) is 2.50. The van der Waals surface area contributed by atoms with E-state index in [1.807, 2.05) is 7.05 Å². The third-order valence-corrected chi connectivity index (χ3v) is 1.62. The van der Waals surface area contributed by atoms with E-state index in [4.69, 9.17) is 11.5 Å². The lowest BCUT2D eigenvalue weighted by atomic mass is 10.2. The number of primary amides is 1. The summed E-state index contributed by atoms with van der Waals surface area (Å²) < 4.78 is 0. The molecule has 0 aliphatic carbocycles. The van der Waals surface area contributed by atoms with Crippen molar-refractivity contribution in [3.8, 4) is 0 Å². The van der Waals surface area contributed by atoms with Crippen molar-refractivity contribution in [2.45, 2.75) is 0 Å². The van der Waals surface area contributed by atoms with E-state index in [0.29, 0.717) is 17.9 Å². The second-order valence-electron chi connectivity index (χ2n) is 2.50. The molecular formula is C7H11N3O. The zero-order valence-corrected chi connectivity index (χ0v) is 6.37. The first kappa shape index (κ1) is 7.65. The van der Waals surface area contributed by atoms with Gasteiger partial charge in [-0.1, -0.05) is 0 Å². The minimum Gasteiger partial charge on any atom is -0.385 e.